The first-order chi connectivity index (χ1) is 13.9. The fraction of sp³-hybridized carbons (Fsp3) is 0.0455. The van der Waals surface area contributed by atoms with E-state index < -0.39 is 17.4 Å². The molecule has 0 saturated carbocycles. The normalized spacial score (nSPS) is 10.8. The summed E-state index contributed by atoms with van der Waals surface area (Å²) >= 11 is 1.52. The van der Waals surface area contributed by atoms with Crippen molar-refractivity contribution in [1.29, 1.82) is 0 Å². The number of carbonyl (C=O) groups is 2. The fourth-order valence-electron chi connectivity index (χ4n) is 3.05. The lowest BCUT2D eigenvalue weighted by Gasteiger charge is -2.14. The fourth-order valence-corrected chi connectivity index (χ4v) is 4.12. The summed E-state index contributed by atoms with van der Waals surface area (Å²) in [6, 6.07) is 17.8. The van der Waals surface area contributed by atoms with Crippen molar-refractivity contribution < 1.29 is 19.4 Å². The van der Waals surface area contributed by atoms with Gasteiger partial charge >= 0.3 is 11.9 Å². The van der Waals surface area contributed by atoms with E-state index in [9.17, 15) is 19.5 Å². The number of carboxylic acids is 1. The summed E-state index contributed by atoms with van der Waals surface area (Å²) in [5.74, 6) is -1.34. The molecule has 2 heterocycles. The number of pyridine rings is 1. The molecular weight excluding hydrogens is 390 g/mol. The first-order valence-electron chi connectivity index (χ1n) is 8.70. The first kappa shape index (κ1) is 18.6. The van der Waals surface area contributed by atoms with Crippen LogP contribution in [-0.4, -0.2) is 21.6 Å². The molecule has 1 N–H and O–H groups in total. The number of rotatable bonds is 4. The number of carbonyl (C=O) groups excluding carboxylic acids is 1. The zero-order valence-electron chi connectivity index (χ0n) is 15.3. The summed E-state index contributed by atoms with van der Waals surface area (Å²) in [5.41, 5.74) is 0.342. The quantitative estimate of drug-likeness (QED) is 0.403. The van der Waals surface area contributed by atoms with Crippen LogP contribution in [0, 0.1) is 0 Å². The van der Waals surface area contributed by atoms with Crippen molar-refractivity contribution >= 4 is 33.4 Å². The van der Waals surface area contributed by atoms with Gasteiger partial charge in [0.15, 0.2) is 5.43 Å². The topological polar surface area (TPSA) is 85.6 Å². The Balaban J connectivity index is 1.91. The number of aromatic carboxylic acids is 1. The van der Waals surface area contributed by atoms with E-state index >= 15 is 0 Å². The number of nitrogens with zero attached hydrogens (tertiary/aromatic N) is 1. The Kier molecular flexibility index (Phi) is 4.74. The van der Waals surface area contributed by atoms with Crippen LogP contribution in [0.1, 0.15) is 17.3 Å². The van der Waals surface area contributed by atoms with E-state index in [1.807, 2.05) is 30.3 Å². The summed E-state index contributed by atoms with van der Waals surface area (Å²) in [6.07, 6.45) is 1.32. The average Bonchev–Trinajstić information content (AvgIpc) is 3.12. The van der Waals surface area contributed by atoms with Crippen LogP contribution in [0.4, 0.5) is 0 Å². The van der Waals surface area contributed by atoms with Crippen molar-refractivity contribution in [2.45, 2.75) is 6.92 Å². The maximum absolute atomic E-state index is 12.4. The third-order valence-corrected chi connectivity index (χ3v) is 5.47. The van der Waals surface area contributed by atoms with Crippen molar-refractivity contribution in [3.63, 3.8) is 0 Å². The zero-order valence-corrected chi connectivity index (χ0v) is 16.1. The van der Waals surface area contributed by atoms with E-state index in [0.29, 0.717) is 17.1 Å². The summed E-state index contributed by atoms with van der Waals surface area (Å²) in [6.45, 7) is 1.31. The molecule has 0 bridgehead atoms. The van der Waals surface area contributed by atoms with Crippen LogP contribution < -0.4 is 10.2 Å². The lowest BCUT2D eigenvalue weighted by atomic mass is 10.1. The van der Waals surface area contributed by atoms with Crippen LogP contribution >= 0.6 is 11.3 Å². The van der Waals surface area contributed by atoms with E-state index in [1.54, 1.807) is 28.8 Å². The molecule has 2 aromatic carbocycles. The van der Waals surface area contributed by atoms with Crippen molar-refractivity contribution in [2.75, 3.05) is 0 Å². The van der Waals surface area contributed by atoms with E-state index in [1.165, 1.54) is 30.5 Å². The standard InChI is InChI=1S/C22H15NO5S/c1-13(24)28-16-8-6-15(7-9-16)23-12-17(22(26)27)19(25)11-18(23)21-10-14-4-2-3-5-20(14)29-21/h2-12H,1H3,(H,26,27). The molecular formula is C22H15NO5S. The number of thiophene rings is 1. The van der Waals surface area contributed by atoms with Gasteiger partial charge in [0.25, 0.3) is 0 Å². The highest BCUT2D eigenvalue weighted by atomic mass is 32.1. The van der Waals surface area contributed by atoms with Gasteiger partial charge in [0.2, 0.25) is 0 Å². The van der Waals surface area contributed by atoms with Crippen molar-refractivity contribution in [2.24, 2.45) is 0 Å². The Bertz CT molecular complexity index is 1270. The Morgan fingerprint density at radius 2 is 1.76 bits per heavy atom. The number of fused-ring (bicyclic) bond motifs is 1. The van der Waals surface area contributed by atoms with E-state index in [-0.39, 0.29) is 5.56 Å². The highest BCUT2D eigenvalue weighted by molar-refractivity contribution is 7.22. The second kappa shape index (κ2) is 7.37. The Morgan fingerprint density at radius 1 is 1.03 bits per heavy atom. The van der Waals surface area contributed by atoms with Gasteiger partial charge in [-0.25, -0.2) is 4.79 Å². The molecule has 144 valence electrons. The third kappa shape index (κ3) is 3.68. The molecule has 0 atom stereocenters. The predicted molar refractivity (Wildman–Crippen MR) is 111 cm³/mol. The second-order valence-electron chi connectivity index (χ2n) is 6.35. The molecule has 4 aromatic rings. The van der Waals surface area contributed by atoms with Gasteiger partial charge < -0.3 is 14.4 Å². The van der Waals surface area contributed by atoms with Gasteiger partial charge in [-0.1, -0.05) is 18.2 Å². The summed E-state index contributed by atoms with van der Waals surface area (Å²) in [5, 5.41) is 10.4. The Morgan fingerprint density at radius 3 is 2.41 bits per heavy atom. The zero-order chi connectivity index (χ0) is 20.5. The SMILES string of the molecule is CC(=O)Oc1ccc(-n2cc(C(=O)O)c(=O)cc2-c2cc3ccccc3s2)cc1. The molecule has 0 aliphatic rings. The van der Waals surface area contributed by atoms with Crippen LogP contribution in [-0.2, 0) is 4.79 Å². The van der Waals surface area contributed by atoms with Gasteiger partial charge in [0.1, 0.15) is 11.3 Å². The van der Waals surface area contributed by atoms with Crippen LogP contribution in [0.3, 0.4) is 0 Å². The predicted octanol–water partition coefficient (Wildman–Crippen LogP) is 4.34. The maximum atomic E-state index is 12.4. The Hall–Kier alpha value is -3.71. The molecule has 0 radical (unpaired) electrons. The molecule has 4 rings (SSSR count). The lowest BCUT2D eigenvalue weighted by molar-refractivity contribution is -0.131. The number of benzene rings is 2. The molecule has 0 unspecified atom stereocenters. The molecule has 7 heteroatoms. The molecule has 0 saturated heterocycles. The maximum Gasteiger partial charge on any atom is 0.341 e. The van der Waals surface area contributed by atoms with Gasteiger partial charge in [0, 0.05) is 29.6 Å². The number of ether oxygens (including phenoxy) is 1. The average molecular weight is 405 g/mol. The number of hydrogen-bond donors (Lipinski definition) is 1. The molecule has 0 fully saturated rings. The molecule has 0 aliphatic heterocycles. The van der Waals surface area contributed by atoms with Crippen LogP contribution in [0.5, 0.6) is 5.75 Å². The van der Waals surface area contributed by atoms with Gasteiger partial charge in [-0.2, -0.15) is 0 Å². The molecule has 2 aromatic heterocycles. The number of carboxylic acid groups (broad SMARTS) is 1. The van der Waals surface area contributed by atoms with Crippen LogP contribution in [0.25, 0.3) is 26.3 Å². The van der Waals surface area contributed by atoms with Crippen LogP contribution in [0.2, 0.25) is 0 Å². The molecule has 6 nitrogen and oxygen atoms in total. The van der Waals surface area contributed by atoms with E-state index in [2.05, 4.69) is 0 Å². The Labute approximate surface area is 169 Å². The summed E-state index contributed by atoms with van der Waals surface area (Å²) < 4.78 is 7.77. The van der Waals surface area contributed by atoms with Gasteiger partial charge in [-0.3, -0.25) is 9.59 Å². The lowest BCUT2D eigenvalue weighted by Crippen LogP contribution is -2.17. The molecule has 0 aliphatic carbocycles. The van der Waals surface area contributed by atoms with Crippen molar-refractivity contribution in [3.05, 3.63) is 82.6 Å². The van der Waals surface area contributed by atoms with Crippen molar-refractivity contribution in [3.8, 4) is 22.0 Å². The minimum atomic E-state index is -1.29. The van der Waals surface area contributed by atoms with Crippen LogP contribution in [0.15, 0.2) is 71.7 Å². The number of hydrogen-bond acceptors (Lipinski definition) is 5. The minimum Gasteiger partial charge on any atom is -0.477 e. The highest BCUT2D eigenvalue weighted by Gasteiger charge is 2.16. The monoisotopic (exact) mass is 405 g/mol. The largest absolute Gasteiger partial charge is 0.477 e. The highest BCUT2D eigenvalue weighted by Crippen LogP contribution is 2.34. The first-order valence-corrected chi connectivity index (χ1v) is 9.52. The van der Waals surface area contributed by atoms with E-state index in [4.69, 9.17) is 4.74 Å². The molecule has 0 amide bonds. The third-order valence-electron chi connectivity index (χ3n) is 4.34. The summed E-state index contributed by atoms with van der Waals surface area (Å²) in [7, 11) is 0. The van der Waals surface area contributed by atoms with Gasteiger partial charge in [-0.05, 0) is 41.8 Å². The minimum absolute atomic E-state index is 0.320. The molecule has 0 spiro atoms. The van der Waals surface area contributed by atoms with E-state index in [0.717, 1.165) is 15.0 Å². The smallest absolute Gasteiger partial charge is 0.341 e. The van der Waals surface area contributed by atoms with Crippen molar-refractivity contribution in [1.82, 2.24) is 4.57 Å². The van der Waals surface area contributed by atoms with Gasteiger partial charge in [0.05, 0.1) is 10.6 Å². The van der Waals surface area contributed by atoms with Gasteiger partial charge in [-0.15, -0.1) is 11.3 Å². The number of esters is 1. The molecule has 29 heavy (non-hydrogen) atoms. The number of aromatic nitrogens is 1. The summed E-state index contributed by atoms with van der Waals surface area (Å²) in [4.78, 5) is 35.8. The second-order valence-corrected chi connectivity index (χ2v) is 7.43.